The Hall–Kier alpha value is -2.58. The summed E-state index contributed by atoms with van der Waals surface area (Å²) in [5.41, 5.74) is 3.72. The number of aromatic nitrogens is 2. The van der Waals surface area contributed by atoms with Crippen molar-refractivity contribution in [3.8, 4) is 0 Å². The van der Waals surface area contributed by atoms with Gasteiger partial charge in [0.2, 0.25) is 5.91 Å². The van der Waals surface area contributed by atoms with Crippen LogP contribution < -0.4 is 10.2 Å². The first-order valence-corrected chi connectivity index (χ1v) is 11.6. The highest BCUT2D eigenvalue weighted by molar-refractivity contribution is 6.01. The van der Waals surface area contributed by atoms with Gasteiger partial charge in [0.15, 0.2) is 0 Å². The Morgan fingerprint density at radius 3 is 2.66 bits per heavy atom. The maximum Gasteiger partial charge on any atom is 0.224 e. The third-order valence-corrected chi connectivity index (χ3v) is 6.60. The molecule has 2 aliphatic rings. The quantitative estimate of drug-likeness (QED) is 0.691. The number of nitrogens with zero attached hydrogens (tertiary/aromatic N) is 6. The van der Waals surface area contributed by atoms with Gasteiger partial charge in [0.1, 0.15) is 5.52 Å². The third-order valence-electron chi connectivity index (χ3n) is 6.60. The van der Waals surface area contributed by atoms with E-state index in [1.165, 1.54) is 0 Å². The van der Waals surface area contributed by atoms with E-state index in [9.17, 15) is 4.79 Å². The van der Waals surface area contributed by atoms with Crippen molar-refractivity contribution in [2.75, 3.05) is 71.4 Å². The Bertz CT molecular complexity index is 955. The number of anilines is 1. The number of hydrogen-bond donors (Lipinski definition) is 1. The first-order valence-electron chi connectivity index (χ1n) is 11.6. The number of hydrogen-bond acceptors (Lipinski definition) is 7. The molecule has 1 amide bonds. The number of fused-ring (bicyclic) bond motifs is 1. The summed E-state index contributed by atoms with van der Waals surface area (Å²) in [6, 6.07) is 4.14. The van der Waals surface area contributed by atoms with Crippen molar-refractivity contribution in [2.45, 2.75) is 13.3 Å². The average molecular weight is 438 g/mol. The normalized spacial score (nSPS) is 23.2. The highest BCUT2D eigenvalue weighted by atomic mass is 16.1. The van der Waals surface area contributed by atoms with Crippen LogP contribution in [0.15, 0.2) is 29.5 Å². The zero-order valence-corrected chi connectivity index (χ0v) is 19.5. The van der Waals surface area contributed by atoms with Gasteiger partial charge in [-0.3, -0.25) is 24.7 Å². The van der Waals surface area contributed by atoms with Crippen LogP contribution in [0.2, 0.25) is 0 Å². The summed E-state index contributed by atoms with van der Waals surface area (Å²) in [4.78, 5) is 33.4. The van der Waals surface area contributed by atoms with Crippen molar-refractivity contribution in [3.05, 3.63) is 30.1 Å². The van der Waals surface area contributed by atoms with Gasteiger partial charge in [-0.2, -0.15) is 0 Å². The molecular weight excluding hydrogens is 402 g/mol. The first kappa shape index (κ1) is 22.6. The smallest absolute Gasteiger partial charge is 0.224 e. The molecule has 8 heteroatoms. The molecule has 1 aromatic heterocycles. The van der Waals surface area contributed by atoms with Crippen molar-refractivity contribution < 1.29 is 4.79 Å². The fraction of sp³-hybridized carbons (Fsp3) is 0.583. The predicted octanol–water partition coefficient (Wildman–Crippen LogP) is 1.50. The summed E-state index contributed by atoms with van der Waals surface area (Å²) in [6.45, 7) is 9.84. The molecule has 1 N–H and O–H groups in total. The summed E-state index contributed by atoms with van der Waals surface area (Å²) in [5, 5.41) is 3.20. The van der Waals surface area contributed by atoms with Crippen LogP contribution in [-0.2, 0) is 4.79 Å². The van der Waals surface area contributed by atoms with Crippen LogP contribution in [0, 0.1) is 11.8 Å². The average Bonchev–Trinajstić information content (AvgIpc) is 2.80. The summed E-state index contributed by atoms with van der Waals surface area (Å²) in [7, 11) is 3.92. The van der Waals surface area contributed by atoms with Crippen LogP contribution in [-0.4, -0.2) is 98.3 Å². The zero-order chi connectivity index (χ0) is 22.5. The molecule has 2 unspecified atom stereocenters. The molecule has 2 saturated heterocycles. The second kappa shape index (κ2) is 10.4. The van der Waals surface area contributed by atoms with Gasteiger partial charge in [0, 0.05) is 83.6 Å². The fourth-order valence-corrected chi connectivity index (χ4v) is 4.85. The largest absolute Gasteiger partial charge is 0.369 e. The minimum absolute atomic E-state index is 0.0187. The number of amides is 1. The van der Waals surface area contributed by atoms with E-state index < -0.39 is 0 Å². The lowest BCUT2D eigenvalue weighted by Gasteiger charge is -2.38. The molecule has 3 heterocycles. The minimum Gasteiger partial charge on any atom is -0.369 e. The number of benzene rings is 1. The van der Waals surface area contributed by atoms with Crippen molar-refractivity contribution in [2.24, 2.45) is 16.8 Å². The van der Waals surface area contributed by atoms with Gasteiger partial charge in [0.25, 0.3) is 0 Å². The van der Waals surface area contributed by atoms with E-state index in [-0.39, 0.29) is 11.8 Å². The topological polar surface area (TPSA) is 77.0 Å². The molecule has 0 spiro atoms. The monoisotopic (exact) mass is 437 g/mol. The molecule has 2 fully saturated rings. The molecular formula is C24H35N7O. The third kappa shape index (κ3) is 5.24. The highest BCUT2D eigenvalue weighted by Crippen LogP contribution is 2.31. The lowest BCUT2D eigenvalue weighted by molar-refractivity contribution is -0.125. The standard InChI is InChI=1S/C24H35N7O/c1-18-14-20(24(32)28-8-9-30-12-10-29(3)11-13-30)17-31(16-18)21-5-4-19(15-25-2)22-23(21)27-7-6-26-22/h4-7,15,18,20H,8-14,16-17H2,1-3H3,(H,28,32). The van der Waals surface area contributed by atoms with Crippen LogP contribution in [0.1, 0.15) is 18.9 Å². The Kier molecular flexibility index (Phi) is 7.32. The van der Waals surface area contributed by atoms with Crippen molar-refractivity contribution in [3.63, 3.8) is 0 Å². The molecule has 0 saturated carbocycles. The molecule has 32 heavy (non-hydrogen) atoms. The van der Waals surface area contributed by atoms with E-state index in [1.807, 2.05) is 12.3 Å². The van der Waals surface area contributed by atoms with E-state index in [2.05, 4.69) is 55.0 Å². The summed E-state index contributed by atoms with van der Waals surface area (Å²) in [6.07, 6.45) is 6.18. The van der Waals surface area contributed by atoms with Crippen molar-refractivity contribution >= 4 is 28.8 Å². The number of piperazine rings is 1. The number of carbonyl (C=O) groups excluding carboxylic acids is 1. The number of nitrogens with one attached hydrogen (secondary N) is 1. The van der Waals surface area contributed by atoms with Gasteiger partial charge in [-0.15, -0.1) is 0 Å². The Labute approximate surface area is 190 Å². The summed E-state index contributed by atoms with van der Waals surface area (Å²) in [5.74, 6) is 0.580. The van der Waals surface area contributed by atoms with Crippen LogP contribution in [0.3, 0.4) is 0 Å². The van der Waals surface area contributed by atoms with Crippen molar-refractivity contribution in [1.29, 1.82) is 0 Å². The summed E-state index contributed by atoms with van der Waals surface area (Å²) >= 11 is 0. The lowest BCUT2D eigenvalue weighted by Crippen LogP contribution is -2.49. The molecule has 0 radical (unpaired) electrons. The number of carbonyl (C=O) groups is 1. The van der Waals surface area contributed by atoms with Gasteiger partial charge in [0.05, 0.1) is 17.1 Å². The Morgan fingerprint density at radius 1 is 1.16 bits per heavy atom. The molecule has 172 valence electrons. The van der Waals surface area contributed by atoms with Gasteiger partial charge < -0.3 is 15.1 Å². The molecule has 2 atom stereocenters. The molecule has 0 bridgehead atoms. The molecule has 8 nitrogen and oxygen atoms in total. The first-order chi connectivity index (χ1) is 15.5. The second-order valence-electron chi connectivity index (χ2n) is 9.19. The molecule has 0 aliphatic carbocycles. The van der Waals surface area contributed by atoms with Gasteiger partial charge >= 0.3 is 0 Å². The SMILES string of the molecule is CN=Cc1ccc(N2CC(C)CC(C(=O)NCCN3CCN(C)CC3)C2)c2nccnc12. The van der Waals surface area contributed by atoms with E-state index in [0.717, 1.165) is 68.0 Å². The number of piperidine rings is 1. The van der Waals surface area contributed by atoms with Crippen LogP contribution in [0.4, 0.5) is 5.69 Å². The Morgan fingerprint density at radius 2 is 1.91 bits per heavy atom. The Balaban J connectivity index is 1.42. The lowest BCUT2D eigenvalue weighted by atomic mass is 9.89. The van der Waals surface area contributed by atoms with Crippen LogP contribution >= 0.6 is 0 Å². The maximum atomic E-state index is 13.0. The van der Waals surface area contributed by atoms with Gasteiger partial charge in [-0.1, -0.05) is 6.92 Å². The predicted molar refractivity (Wildman–Crippen MR) is 129 cm³/mol. The van der Waals surface area contributed by atoms with E-state index >= 15 is 0 Å². The summed E-state index contributed by atoms with van der Waals surface area (Å²) < 4.78 is 0. The molecule has 2 aliphatic heterocycles. The highest BCUT2D eigenvalue weighted by Gasteiger charge is 2.31. The molecule has 2 aromatic rings. The fourth-order valence-electron chi connectivity index (χ4n) is 4.85. The number of aliphatic imine (C=N–C) groups is 1. The van der Waals surface area contributed by atoms with Crippen molar-refractivity contribution in [1.82, 2.24) is 25.1 Å². The van der Waals surface area contributed by atoms with Crippen LogP contribution in [0.25, 0.3) is 11.0 Å². The second-order valence-corrected chi connectivity index (χ2v) is 9.19. The van der Waals surface area contributed by atoms with E-state index in [1.54, 1.807) is 19.4 Å². The molecule has 4 rings (SSSR count). The number of likely N-dealkylation sites (N-methyl/N-ethyl adjacent to an activating group) is 1. The zero-order valence-electron chi connectivity index (χ0n) is 19.5. The molecule has 1 aromatic carbocycles. The van der Waals surface area contributed by atoms with E-state index in [4.69, 9.17) is 0 Å². The van der Waals surface area contributed by atoms with Gasteiger partial charge in [-0.25, -0.2) is 0 Å². The van der Waals surface area contributed by atoms with Gasteiger partial charge in [-0.05, 0) is 31.5 Å². The van der Waals surface area contributed by atoms with Crippen LogP contribution in [0.5, 0.6) is 0 Å². The van der Waals surface area contributed by atoms with E-state index in [0.29, 0.717) is 19.0 Å². The minimum atomic E-state index is -0.0187. The number of rotatable bonds is 6. The maximum absolute atomic E-state index is 13.0.